The molecule has 5 nitrogen and oxygen atoms in total. The van der Waals surface area contributed by atoms with E-state index in [2.05, 4.69) is 15.2 Å². The number of nitrogens with one attached hydrogen (secondary N) is 1. The van der Waals surface area contributed by atoms with E-state index in [0.717, 1.165) is 18.4 Å². The Bertz CT molecular complexity index is 545. The predicted molar refractivity (Wildman–Crippen MR) is 85.2 cm³/mol. The van der Waals surface area contributed by atoms with E-state index in [1.54, 1.807) is 7.05 Å². The first-order valence-corrected chi connectivity index (χ1v) is 9.63. The normalized spacial score (nSPS) is 30.0. The molecule has 0 atom stereocenters. The van der Waals surface area contributed by atoms with Gasteiger partial charge < -0.3 is 10.2 Å². The highest BCUT2D eigenvalue weighted by atomic mass is 32.2. The quantitative estimate of drug-likeness (QED) is 0.629. The molecule has 21 heavy (non-hydrogen) atoms. The second-order valence-corrected chi connectivity index (χ2v) is 10.3. The monoisotopic (exact) mass is 313 g/mol. The minimum Gasteiger partial charge on any atom is -0.356 e. The molecule has 6 heteroatoms. The van der Waals surface area contributed by atoms with Crippen molar-refractivity contribution >= 4 is 15.8 Å². The minimum atomic E-state index is -2.99. The summed E-state index contributed by atoms with van der Waals surface area (Å²) in [6.07, 6.45) is 5.44. The average Bonchev–Trinajstić information content (AvgIpc) is 3.25. The van der Waals surface area contributed by atoms with Gasteiger partial charge in [0.05, 0.1) is 10.5 Å². The second kappa shape index (κ2) is 4.86. The number of guanidine groups is 1. The van der Waals surface area contributed by atoms with Gasteiger partial charge in [-0.05, 0) is 50.9 Å². The number of hydrogen-bond donors (Lipinski definition) is 1. The maximum Gasteiger partial charge on any atom is 0.193 e. The van der Waals surface area contributed by atoms with Gasteiger partial charge in [0.15, 0.2) is 15.8 Å². The Balaban J connectivity index is 1.62. The Kier molecular flexibility index (Phi) is 3.50. The number of aliphatic imine (C=N–C) groups is 1. The Hall–Kier alpha value is -0.780. The maximum atomic E-state index is 12.1. The predicted octanol–water partition coefficient (Wildman–Crippen LogP) is 1.26. The van der Waals surface area contributed by atoms with Gasteiger partial charge in [0.25, 0.3) is 0 Å². The van der Waals surface area contributed by atoms with Gasteiger partial charge in [0.2, 0.25) is 0 Å². The lowest BCUT2D eigenvalue weighted by atomic mass is 10.0. The van der Waals surface area contributed by atoms with Gasteiger partial charge in [0, 0.05) is 26.7 Å². The molecule has 2 saturated carbocycles. The molecule has 0 aromatic heterocycles. The summed E-state index contributed by atoms with van der Waals surface area (Å²) in [7, 11) is -1.21. The van der Waals surface area contributed by atoms with E-state index >= 15 is 0 Å². The SMILES string of the molecule is CN=C(NCC1(C2CC2)CC1)N1CCS(=O)(=O)C(C)(C)C1. The minimum absolute atomic E-state index is 0.217. The van der Waals surface area contributed by atoms with Crippen molar-refractivity contribution in [2.24, 2.45) is 16.3 Å². The second-order valence-electron chi connectivity index (χ2n) is 7.54. The fraction of sp³-hybridized carbons (Fsp3) is 0.933. The molecule has 2 aliphatic carbocycles. The molecular weight excluding hydrogens is 286 g/mol. The van der Waals surface area contributed by atoms with E-state index in [4.69, 9.17) is 0 Å². The van der Waals surface area contributed by atoms with Crippen LogP contribution in [0.3, 0.4) is 0 Å². The van der Waals surface area contributed by atoms with Crippen LogP contribution in [-0.4, -0.2) is 56.5 Å². The topological polar surface area (TPSA) is 61.8 Å². The zero-order valence-corrected chi connectivity index (χ0v) is 14.2. The van der Waals surface area contributed by atoms with Crippen LogP contribution in [0.25, 0.3) is 0 Å². The number of rotatable bonds is 3. The lowest BCUT2D eigenvalue weighted by molar-refractivity contribution is 0.344. The summed E-state index contributed by atoms with van der Waals surface area (Å²) >= 11 is 0. The lowest BCUT2D eigenvalue weighted by Gasteiger charge is -2.39. The van der Waals surface area contributed by atoms with Gasteiger partial charge in [-0.15, -0.1) is 0 Å². The van der Waals surface area contributed by atoms with Crippen LogP contribution >= 0.6 is 0 Å². The van der Waals surface area contributed by atoms with Gasteiger partial charge >= 0.3 is 0 Å². The molecule has 0 bridgehead atoms. The van der Waals surface area contributed by atoms with E-state index in [9.17, 15) is 8.42 Å². The van der Waals surface area contributed by atoms with Crippen molar-refractivity contribution in [3.8, 4) is 0 Å². The Labute approximate surface area is 128 Å². The summed E-state index contributed by atoms with van der Waals surface area (Å²) < 4.78 is 23.5. The molecule has 0 spiro atoms. The van der Waals surface area contributed by atoms with Crippen LogP contribution in [0.5, 0.6) is 0 Å². The van der Waals surface area contributed by atoms with Gasteiger partial charge in [-0.3, -0.25) is 4.99 Å². The van der Waals surface area contributed by atoms with E-state index in [1.807, 2.05) is 13.8 Å². The zero-order valence-electron chi connectivity index (χ0n) is 13.4. The van der Waals surface area contributed by atoms with E-state index in [0.29, 0.717) is 18.5 Å². The molecular formula is C15H27N3O2S. The molecule has 3 fully saturated rings. The number of hydrogen-bond acceptors (Lipinski definition) is 3. The summed E-state index contributed by atoms with van der Waals surface area (Å²) in [5, 5.41) is 3.51. The third-order valence-corrected chi connectivity index (χ3v) is 8.02. The van der Waals surface area contributed by atoms with Crippen molar-refractivity contribution in [1.29, 1.82) is 0 Å². The van der Waals surface area contributed by atoms with Crippen LogP contribution in [0.4, 0.5) is 0 Å². The molecule has 3 aliphatic rings. The van der Waals surface area contributed by atoms with Crippen molar-refractivity contribution in [2.75, 3.05) is 32.4 Å². The standard InChI is InChI=1S/C15H27N3O2S/c1-14(2)11-18(8-9-21(14,19)20)13(16-3)17-10-15(6-7-15)12-4-5-12/h12H,4-11H2,1-3H3,(H,16,17). The van der Waals surface area contributed by atoms with Crippen LogP contribution < -0.4 is 5.32 Å². The molecule has 0 unspecified atom stereocenters. The fourth-order valence-electron chi connectivity index (χ4n) is 3.50. The van der Waals surface area contributed by atoms with Gasteiger partial charge in [0.1, 0.15) is 0 Å². The fourth-order valence-corrected chi connectivity index (χ4v) is 4.86. The van der Waals surface area contributed by atoms with Gasteiger partial charge in [-0.2, -0.15) is 0 Å². The van der Waals surface area contributed by atoms with Gasteiger partial charge in [-0.25, -0.2) is 8.42 Å². The van der Waals surface area contributed by atoms with Crippen molar-refractivity contribution in [3.63, 3.8) is 0 Å². The smallest absolute Gasteiger partial charge is 0.193 e. The van der Waals surface area contributed by atoms with Crippen LogP contribution in [0.1, 0.15) is 39.5 Å². The molecule has 1 N–H and O–H groups in total. The van der Waals surface area contributed by atoms with Crippen LogP contribution in [0, 0.1) is 11.3 Å². The van der Waals surface area contributed by atoms with Crippen molar-refractivity contribution in [2.45, 2.75) is 44.3 Å². The van der Waals surface area contributed by atoms with Crippen LogP contribution in [0.15, 0.2) is 4.99 Å². The summed E-state index contributed by atoms with van der Waals surface area (Å²) in [6, 6.07) is 0. The van der Waals surface area contributed by atoms with E-state index in [-0.39, 0.29) is 5.75 Å². The number of nitrogens with zero attached hydrogens (tertiary/aromatic N) is 2. The van der Waals surface area contributed by atoms with Crippen molar-refractivity contribution in [3.05, 3.63) is 0 Å². The molecule has 0 aromatic carbocycles. The third-order valence-electron chi connectivity index (χ3n) is 5.49. The highest BCUT2D eigenvalue weighted by Gasteiger charge is 2.53. The first-order chi connectivity index (χ1) is 9.80. The molecule has 0 amide bonds. The lowest BCUT2D eigenvalue weighted by Crippen LogP contribution is -2.57. The van der Waals surface area contributed by atoms with E-state index in [1.165, 1.54) is 25.7 Å². The third kappa shape index (κ3) is 2.79. The number of sulfone groups is 1. The molecule has 1 aliphatic heterocycles. The van der Waals surface area contributed by atoms with E-state index < -0.39 is 14.6 Å². The molecule has 0 aromatic rings. The van der Waals surface area contributed by atoms with Crippen LogP contribution in [0.2, 0.25) is 0 Å². The largest absolute Gasteiger partial charge is 0.356 e. The summed E-state index contributed by atoms with van der Waals surface area (Å²) in [6.45, 7) is 5.68. The van der Waals surface area contributed by atoms with Crippen molar-refractivity contribution < 1.29 is 8.42 Å². The first kappa shape index (κ1) is 15.1. The Morgan fingerprint density at radius 2 is 2.00 bits per heavy atom. The van der Waals surface area contributed by atoms with Crippen LogP contribution in [-0.2, 0) is 9.84 Å². The molecule has 0 radical (unpaired) electrons. The summed E-state index contributed by atoms with van der Waals surface area (Å²) in [4.78, 5) is 6.47. The molecule has 3 rings (SSSR count). The van der Waals surface area contributed by atoms with Crippen molar-refractivity contribution in [1.82, 2.24) is 10.2 Å². The van der Waals surface area contributed by atoms with Gasteiger partial charge in [-0.1, -0.05) is 0 Å². The maximum absolute atomic E-state index is 12.1. The Morgan fingerprint density at radius 1 is 1.33 bits per heavy atom. The Morgan fingerprint density at radius 3 is 2.48 bits per heavy atom. The first-order valence-electron chi connectivity index (χ1n) is 7.98. The molecule has 1 heterocycles. The summed E-state index contributed by atoms with van der Waals surface area (Å²) in [5.41, 5.74) is 0.521. The zero-order chi connectivity index (χ0) is 15.3. The highest BCUT2D eigenvalue weighted by Crippen LogP contribution is 2.60. The molecule has 1 saturated heterocycles. The highest BCUT2D eigenvalue weighted by molar-refractivity contribution is 7.92. The average molecular weight is 313 g/mol. The molecule has 120 valence electrons. The summed E-state index contributed by atoms with van der Waals surface area (Å²) in [5.74, 6) is 2.00.